The van der Waals surface area contributed by atoms with Crippen LogP contribution in [0.3, 0.4) is 0 Å². The third kappa shape index (κ3) is 3.14. The maximum atomic E-state index is 12.0. The van der Waals surface area contributed by atoms with Gasteiger partial charge in [-0.15, -0.1) is 0 Å². The summed E-state index contributed by atoms with van der Waals surface area (Å²) in [5.74, 6) is 0.274. The molecular formula is C17H11Cl2N5O. The number of carbonyl (C=O) groups is 1. The number of rotatable bonds is 2. The van der Waals surface area contributed by atoms with Gasteiger partial charge >= 0.3 is 0 Å². The first-order valence-electron chi connectivity index (χ1n) is 7.42. The van der Waals surface area contributed by atoms with Crippen LogP contribution in [-0.4, -0.2) is 20.9 Å². The Morgan fingerprint density at radius 3 is 2.84 bits per heavy atom. The third-order valence-electron chi connectivity index (χ3n) is 3.74. The summed E-state index contributed by atoms with van der Waals surface area (Å²) in [6, 6.07) is 6.99. The predicted octanol–water partition coefficient (Wildman–Crippen LogP) is 4.08. The maximum absolute atomic E-state index is 12.0. The molecule has 4 rings (SSSR count). The number of hydrogen-bond acceptors (Lipinski definition) is 5. The molecule has 0 radical (unpaired) electrons. The Labute approximate surface area is 153 Å². The molecule has 0 saturated carbocycles. The van der Waals surface area contributed by atoms with Crippen molar-refractivity contribution in [3.8, 4) is 11.3 Å². The highest BCUT2D eigenvalue weighted by atomic mass is 35.5. The van der Waals surface area contributed by atoms with Crippen LogP contribution in [0.1, 0.15) is 5.56 Å². The van der Waals surface area contributed by atoms with Gasteiger partial charge in [0.25, 0.3) is 0 Å². The number of hydrogen-bond donors (Lipinski definition) is 2. The number of pyridine rings is 1. The summed E-state index contributed by atoms with van der Waals surface area (Å²) in [5.41, 5.74) is 3.59. The first kappa shape index (κ1) is 15.8. The normalized spacial score (nSPS) is 12.6. The fourth-order valence-corrected chi connectivity index (χ4v) is 2.90. The fourth-order valence-electron chi connectivity index (χ4n) is 2.60. The van der Waals surface area contributed by atoms with E-state index in [0.29, 0.717) is 33.1 Å². The monoisotopic (exact) mass is 371 g/mol. The standard InChI is InChI=1S/C17H11Cl2N5O/c18-12-2-1-10(6-13(12)19)22-17-21-7-9-5-15(25)23-14-8-20-4-3-11(14)16(9)24-17/h1-4,6-8H,5H2,(H,23,25)(H,21,22,24). The lowest BCUT2D eigenvalue weighted by Crippen LogP contribution is -2.12. The Hall–Kier alpha value is -2.70. The molecule has 0 atom stereocenters. The molecule has 8 heteroatoms. The van der Waals surface area contributed by atoms with E-state index in [1.165, 1.54) is 0 Å². The highest BCUT2D eigenvalue weighted by molar-refractivity contribution is 6.42. The Kier molecular flexibility index (Phi) is 3.99. The van der Waals surface area contributed by atoms with Crippen molar-refractivity contribution < 1.29 is 4.79 Å². The van der Waals surface area contributed by atoms with Gasteiger partial charge in [-0.25, -0.2) is 9.97 Å². The van der Waals surface area contributed by atoms with Gasteiger partial charge in [-0.3, -0.25) is 9.78 Å². The highest BCUT2D eigenvalue weighted by Crippen LogP contribution is 2.32. The summed E-state index contributed by atoms with van der Waals surface area (Å²) in [7, 11) is 0. The quantitative estimate of drug-likeness (QED) is 0.709. The highest BCUT2D eigenvalue weighted by Gasteiger charge is 2.21. The van der Waals surface area contributed by atoms with Crippen LogP contribution in [0.15, 0.2) is 42.9 Å². The predicted molar refractivity (Wildman–Crippen MR) is 97.3 cm³/mol. The summed E-state index contributed by atoms with van der Waals surface area (Å²) in [4.78, 5) is 24.9. The molecule has 2 N–H and O–H groups in total. The average molecular weight is 372 g/mol. The lowest BCUT2D eigenvalue weighted by Gasteiger charge is -2.10. The minimum absolute atomic E-state index is 0.123. The molecule has 1 amide bonds. The molecule has 0 bridgehead atoms. The molecule has 1 aliphatic heterocycles. The van der Waals surface area contributed by atoms with Crippen molar-refractivity contribution in [1.82, 2.24) is 15.0 Å². The van der Waals surface area contributed by atoms with E-state index in [2.05, 4.69) is 25.6 Å². The van der Waals surface area contributed by atoms with Crippen molar-refractivity contribution >= 4 is 46.4 Å². The van der Waals surface area contributed by atoms with Gasteiger partial charge in [0.1, 0.15) is 0 Å². The van der Waals surface area contributed by atoms with Crippen molar-refractivity contribution in [2.75, 3.05) is 10.6 Å². The molecule has 124 valence electrons. The van der Waals surface area contributed by atoms with Crippen molar-refractivity contribution in [1.29, 1.82) is 0 Å². The van der Waals surface area contributed by atoms with Gasteiger partial charge in [0.15, 0.2) is 0 Å². The number of nitrogens with zero attached hydrogens (tertiary/aromatic N) is 3. The number of aromatic nitrogens is 3. The molecule has 2 aromatic heterocycles. The van der Waals surface area contributed by atoms with Crippen molar-refractivity contribution in [3.05, 3.63) is 58.5 Å². The second-order valence-corrected chi connectivity index (χ2v) is 6.28. The van der Waals surface area contributed by atoms with E-state index in [-0.39, 0.29) is 12.3 Å². The van der Waals surface area contributed by atoms with Crippen LogP contribution in [0.5, 0.6) is 0 Å². The second-order valence-electron chi connectivity index (χ2n) is 5.47. The molecule has 0 saturated heterocycles. The van der Waals surface area contributed by atoms with Crippen molar-refractivity contribution in [2.24, 2.45) is 0 Å². The Bertz CT molecular complexity index is 993. The number of carbonyl (C=O) groups excluding carboxylic acids is 1. The molecule has 6 nitrogen and oxygen atoms in total. The van der Waals surface area contributed by atoms with Gasteiger partial charge in [-0.1, -0.05) is 23.2 Å². The lowest BCUT2D eigenvalue weighted by molar-refractivity contribution is -0.115. The number of anilines is 3. The first-order valence-corrected chi connectivity index (χ1v) is 8.18. The van der Waals surface area contributed by atoms with Crippen LogP contribution in [0.25, 0.3) is 11.3 Å². The van der Waals surface area contributed by atoms with Crippen LogP contribution in [0.4, 0.5) is 17.3 Å². The molecule has 0 fully saturated rings. The summed E-state index contributed by atoms with van der Waals surface area (Å²) in [6.07, 6.45) is 5.12. The van der Waals surface area contributed by atoms with Gasteiger partial charge in [-0.05, 0) is 24.3 Å². The molecule has 0 aliphatic carbocycles. The van der Waals surface area contributed by atoms with Crippen LogP contribution < -0.4 is 10.6 Å². The van der Waals surface area contributed by atoms with E-state index < -0.39 is 0 Å². The first-order chi connectivity index (χ1) is 12.1. The number of benzene rings is 1. The number of nitrogens with one attached hydrogen (secondary N) is 2. The molecule has 3 aromatic rings. The van der Waals surface area contributed by atoms with Crippen molar-refractivity contribution in [2.45, 2.75) is 6.42 Å². The van der Waals surface area contributed by atoms with E-state index in [9.17, 15) is 4.79 Å². The largest absolute Gasteiger partial charge is 0.324 e. The van der Waals surface area contributed by atoms with E-state index in [4.69, 9.17) is 23.2 Å². The van der Waals surface area contributed by atoms with Gasteiger partial charge in [-0.2, -0.15) is 0 Å². The van der Waals surface area contributed by atoms with E-state index in [1.807, 2.05) is 6.07 Å². The molecule has 3 heterocycles. The number of fused-ring (bicyclic) bond motifs is 3. The van der Waals surface area contributed by atoms with Gasteiger partial charge in [0.05, 0.1) is 34.0 Å². The fraction of sp³-hybridized carbons (Fsp3) is 0.0588. The lowest BCUT2D eigenvalue weighted by atomic mass is 10.1. The zero-order chi connectivity index (χ0) is 17.4. The Morgan fingerprint density at radius 1 is 1.12 bits per heavy atom. The Morgan fingerprint density at radius 2 is 2.00 bits per heavy atom. The topological polar surface area (TPSA) is 79.8 Å². The minimum Gasteiger partial charge on any atom is -0.324 e. The average Bonchev–Trinajstić information content (AvgIpc) is 2.73. The summed E-state index contributed by atoms with van der Waals surface area (Å²) < 4.78 is 0. The van der Waals surface area contributed by atoms with E-state index in [1.54, 1.807) is 36.8 Å². The van der Waals surface area contributed by atoms with Gasteiger partial charge < -0.3 is 10.6 Å². The SMILES string of the molecule is O=C1Cc2cnc(Nc3ccc(Cl)c(Cl)c3)nc2-c2ccncc2N1. The van der Waals surface area contributed by atoms with Crippen LogP contribution in [0, 0.1) is 0 Å². The van der Waals surface area contributed by atoms with Gasteiger partial charge in [0.2, 0.25) is 11.9 Å². The molecule has 25 heavy (non-hydrogen) atoms. The summed E-state index contributed by atoms with van der Waals surface area (Å²) >= 11 is 12.0. The number of halogens is 2. The molecular weight excluding hydrogens is 361 g/mol. The van der Waals surface area contributed by atoms with Crippen LogP contribution >= 0.6 is 23.2 Å². The zero-order valence-corrected chi connectivity index (χ0v) is 14.3. The molecule has 1 aliphatic rings. The zero-order valence-electron chi connectivity index (χ0n) is 12.8. The molecule has 0 spiro atoms. The Balaban J connectivity index is 1.76. The van der Waals surface area contributed by atoms with Crippen molar-refractivity contribution in [3.63, 3.8) is 0 Å². The smallest absolute Gasteiger partial charge is 0.228 e. The van der Waals surface area contributed by atoms with Crippen LogP contribution in [-0.2, 0) is 11.2 Å². The van der Waals surface area contributed by atoms with Crippen LogP contribution in [0.2, 0.25) is 10.0 Å². The minimum atomic E-state index is -0.123. The third-order valence-corrected chi connectivity index (χ3v) is 4.48. The molecule has 1 aromatic carbocycles. The van der Waals surface area contributed by atoms with E-state index >= 15 is 0 Å². The number of amides is 1. The maximum Gasteiger partial charge on any atom is 0.228 e. The van der Waals surface area contributed by atoms with Gasteiger partial charge in [0, 0.05) is 29.2 Å². The second kappa shape index (κ2) is 6.31. The molecule has 0 unspecified atom stereocenters. The van der Waals surface area contributed by atoms with E-state index in [0.717, 1.165) is 11.1 Å². The summed E-state index contributed by atoms with van der Waals surface area (Å²) in [5, 5.41) is 6.84. The summed E-state index contributed by atoms with van der Waals surface area (Å²) in [6.45, 7) is 0.